The molecule has 3 nitrogen and oxygen atoms in total. The molecular formula is C9H8F2O3. The minimum Gasteiger partial charge on any atom is -0.464 e. The number of rotatable bonds is 4. The van der Waals surface area contributed by atoms with E-state index in [-0.39, 0.29) is 24.4 Å². The van der Waals surface area contributed by atoms with Gasteiger partial charge in [-0.3, -0.25) is 4.79 Å². The number of aldehydes is 1. The number of carbonyl (C=O) groups is 1. The quantitative estimate of drug-likeness (QED) is 0.551. The number of hydrogen-bond donors (Lipinski definition) is 0. The molecule has 0 aliphatic rings. The van der Waals surface area contributed by atoms with Gasteiger partial charge in [-0.2, -0.15) is 4.39 Å². The maximum atomic E-state index is 13.1. The molecule has 0 amide bonds. The van der Waals surface area contributed by atoms with E-state index in [2.05, 4.69) is 4.74 Å². The molecule has 1 rings (SSSR count). The Hall–Kier alpha value is -1.49. The highest BCUT2D eigenvalue weighted by Crippen LogP contribution is 2.21. The Balaban J connectivity index is 2.98. The van der Waals surface area contributed by atoms with Crippen molar-refractivity contribution >= 4 is 6.29 Å². The summed E-state index contributed by atoms with van der Waals surface area (Å²) in [7, 11) is 1.36. The fraction of sp³-hybridized carbons (Fsp3) is 0.222. The largest absolute Gasteiger partial charge is 0.464 e. The zero-order valence-corrected chi connectivity index (χ0v) is 7.42. The van der Waals surface area contributed by atoms with E-state index >= 15 is 0 Å². The Morgan fingerprint density at radius 3 is 2.64 bits per heavy atom. The van der Waals surface area contributed by atoms with Crippen molar-refractivity contribution in [1.29, 1.82) is 0 Å². The average molecular weight is 202 g/mol. The fourth-order valence-corrected chi connectivity index (χ4v) is 0.872. The smallest absolute Gasteiger partial charge is 0.201 e. The molecular weight excluding hydrogens is 194 g/mol. The van der Waals surface area contributed by atoms with Crippen LogP contribution in [0.15, 0.2) is 12.1 Å². The van der Waals surface area contributed by atoms with Crippen molar-refractivity contribution in [3.05, 3.63) is 29.3 Å². The van der Waals surface area contributed by atoms with Crippen LogP contribution in [0.4, 0.5) is 8.78 Å². The minimum atomic E-state index is -1.21. The Morgan fingerprint density at radius 2 is 2.07 bits per heavy atom. The molecule has 1 aromatic rings. The second-order valence-electron chi connectivity index (χ2n) is 2.45. The second kappa shape index (κ2) is 4.66. The molecule has 0 fully saturated rings. The molecule has 0 spiro atoms. The molecule has 14 heavy (non-hydrogen) atoms. The lowest BCUT2D eigenvalue weighted by Gasteiger charge is -2.06. The van der Waals surface area contributed by atoms with Crippen molar-refractivity contribution in [2.45, 2.75) is 0 Å². The molecule has 0 atom stereocenters. The standard InChI is InChI=1S/C9H8F2O3/c1-13-5-14-7-3-2-6(4-12)8(10)9(7)11/h2-4H,5H2,1H3. The van der Waals surface area contributed by atoms with E-state index in [1.165, 1.54) is 13.2 Å². The monoisotopic (exact) mass is 202 g/mol. The zero-order valence-electron chi connectivity index (χ0n) is 7.42. The van der Waals surface area contributed by atoms with Crippen LogP contribution in [-0.2, 0) is 4.74 Å². The maximum absolute atomic E-state index is 13.1. The summed E-state index contributed by atoms with van der Waals surface area (Å²) in [5, 5.41) is 0. The molecule has 0 saturated carbocycles. The van der Waals surface area contributed by atoms with E-state index in [0.717, 1.165) is 6.07 Å². The van der Waals surface area contributed by atoms with Gasteiger partial charge < -0.3 is 9.47 Å². The van der Waals surface area contributed by atoms with Gasteiger partial charge in [0.25, 0.3) is 0 Å². The van der Waals surface area contributed by atoms with Gasteiger partial charge in [-0.15, -0.1) is 0 Å². The summed E-state index contributed by atoms with van der Waals surface area (Å²) in [6.07, 6.45) is 0.235. The lowest BCUT2D eigenvalue weighted by molar-refractivity contribution is 0.0477. The molecule has 0 unspecified atom stereocenters. The van der Waals surface area contributed by atoms with Crippen LogP contribution >= 0.6 is 0 Å². The molecule has 0 bridgehead atoms. The average Bonchev–Trinajstić information content (AvgIpc) is 2.20. The first-order valence-electron chi connectivity index (χ1n) is 3.75. The van der Waals surface area contributed by atoms with Crippen LogP contribution in [0.5, 0.6) is 5.75 Å². The molecule has 0 heterocycles. The van der Waals surface area contributed by atoms with E-state index in [9.17, 15) is 13.6 Å². The number of hydrogen-bond acceptors (Lipinski definition) is 3. The molecule has 76 valence electrons. The van der Waals surface area contributed by atoms with Crippen molar-refractivity contribution < 1.29 is 23.0 Å². The third-order valence-corrected chi connectivity index (χ3v) is 1.54. The number of benzene rings is 1. The Kier molecular flexibility index (Phi) is 3.53. The van der Waals surface area contributed by atoms with Gasteiger partial charge in [0.2, 0.25) is 5.82 Å². The normalized spacial score (nSPS) is 9.93. The summed E-state index contributed by atoms with van der Waals surface area (Å²) in [5.41, 5.74) is -0.340. The summed E-state index contributed by atoms with van der Waals surface area (Å²) >= 11 is 0. The molecule has 0 aromatic heterocycles. The van der Waals surface area contributed by atoms with Gasteiger partial charge in [-0.1, -0.05) is 0 Å². The van der Waals surface area contributed by atoms with Crippen LogP contribution < -0.4 is 4.74 Å². The molecule has 0 aliphatic carbocycles. The number of carbonyl (C=O) groups excluding carboxylic acids is 1. The molecule has 0 aliphatic heterocycles. The van der Waals surface area contributed by atoms with Gasteiger partial charge in [0, 0.05) is 7.11 Å². The van der Waals surface area contributed by atoms with Crippen molar-refractivity contribution in [2.75, 3.05) is 13.9 Å². The van der Waals surface area contributed by atoms with Gasteiger partial charge in [0.15, 0.2) is 24.6 Å². The van der Waals surface area contributed by atoms with Crippen LogP contribution in [-0.4, -0.2) is 20.2 Å². The number of methoxy groups -OCH3 is 1. The molecule has 5 heteroatoms. The summed E-state index contributed by atoms with van der Waals surface area (Å²) in [4.78, 5) is 10.2. The summed E-state index contributed by atoms with van der Waals surface area (Å²) in [6.45, 7) is -0.184. The number of halogens is 2. The predicted octanol–water partition coefficient (Wildman–Crippen LogP) is 1.76. The van der Waals surface area contributed by atoms with Crippen molar-refractivity contribution in [3.8, 4) is 5.75 Å². The van der Waals surface area contributed by atoms with Crippen LogP contribution in [0, 0.1) is 11.6 Å². The van der Waals surface area contributed by atoms with Crippen molar-refractivity contribution in [2.24, 2.45) is 0 Å². The van der Waals surface area contributed by atoms with Gasteiger partial charge in [0.05, 0.1) is 5.56 Å². The van der Waals surface area contributed by atoms with Gasteiger partial charge in [-0.05, 0) is 12.1 Å². The summed E-state index contributed by atoms with van der Waals surface area (Å²) in [6, 6.07) is 2.30. The highest BCUT2D eigenvalue weighted by atomic mass is 19.2. The first-order chi connectivity index (χ1) is 6.70. The van der Waals surface area contributed by atoms with Gasteiger partial charge in [-0.25, -0.2) is 4.39 Å². The third kappa shape index (κ3) is 2.05. The van der Waals surface area contributed by atoms with E-state index in [1.807, 2.05) is 0 Å². The van der Waals surface area contributed by atoms with E-state index in [1.54, 1.807) is 0 Å². The highest BCUT2D eigenvalue weighted by Gasteiger charge is 2.13. The van der Waals surface area contributed by atoms with Gasteiger partial charge in [0.1, 0.15) is 0 Å². The van der Waals surface area contributed by atoms with Crippen LogP contribution in [0.3, 0.4) is 0 Å². The van der Waals surface area contributed by atoms with Gasteiger partial charge >= 0.3 is 0 Å². The first-order valence-corrected chi connectivity index (χ1v) is 3.75. The van der Waals surface area contributed by atoms with Crippen LogP contribution in [0.2, 0.25) is 0 Å². The Morgan fingerprint density at radius 1 is 1.36 bits per heavy atom. The second-order valence-corrected chi connectivity index (χ2v) is 2.45. The van der Waals surface area contributed by atoms with Crippen LogP contribution in [0.1, 0.15) is 10.4 Å². The van der Waals surface area contributed by atoms with E-state index in [0.29, 0.717) is 0 Å². The maximum Gasteiger partial charge on any atom is 0.201 e. The fourth-order valence-electron chi connectivity index (χ4n) is 0.872. The van der Waals surface area contributed by atoms with Crippen LogP contribution in [0.25, 0.3) is 0 Å². The molecule has 0 radical (unpaired) electrons. The Bertz CT molecular complexity index is 339. The SMILES string of the molecule is COCOc1ccc(C=O)c(F)c1F. The lowest BCUT2D eigenvalue weighted by atomic mass is 10.2. The van der Waals surface area contributed by atoms with E-state index in [4.69, 9.17) is 4.74 Å². The molecule has 0 saturated heterocycles. The molecule has 1 aromatic carbocycles. The zero-order chi connectivity index (χ0) is 10.6. The lowest BCUT2D eigenvalue weighted by Crippen LogP contribution is -2.03. The van der Waals surface area contributed by atoms with Crippen molar-refractivity contribution in [1.82, 2.24) is 0 Å². The predicted molar refractivity (Wildman–Crippen MR) is 44.2 cm³/mol. The number of ether oxygens (including phenoxy) is 2. The Labute approximate surface area is 79.2 Å². The van der Waals surface area contributed by atoms with E-state index < -0.39 is 11.6 Å². The summed E-state index contributed by atoms with van der Waals surface area (Å²) in [5.74, 6) is -2.68. The third-order valence-electron chi connectivity index (χ3n) is 1.54. The summed E-state index contributed by atoms with van der Waals surface area (Å²) < 4.78 is 35.3. The van der Waals surface area contributed by atoms with Crippen molar-refractivity contribution in [3.63, 3.8) is 0 Å². The molecule has 0 N–H and O–H groups in total. The highest BCUT2D eigenvalue weighted by molar-refractivity contribution is 5.75. The minimum absolute atomic E-state index is 0.184. The first kappa shape index (κ1) is 10.6. The topological polar surface area (TPSA) is 35.5 Å².